The van der Waals surface area contributed by atoms with E-state index in [-0.39, 0.29) is 11.9 Å². The van der Waals surface area contributed by atoms with E-state index >= 15 is 0 Å². The van der Waals surface area contributed by atoms with Crippen molar-refractivity contribution in [1.82, 2.24) is 9.55 Å². The molecule has 0 spiro atoms. The Kier molecular flexibility index (Phi) is 3.12. The molecule has 1 aromatic heterocycles. The van der Waals surface area contributed by atoms with Gasteiger partial charge in [0.05, 0.1) is 6.07 Å². The lowest BCUT2D eigenvalue weighted by Gasteiger charge is -2.17. The second-order valence-corrected chi connectivity index (χ2v) is 4.31. The van der Waals surface area contributed by atoms with Crippen LogP contribution in [0.15, 0.2) is 15.7 Å². The molecule has 0 aliphatic heterocycles. The van der Waals surface area contributed by atoms with E-state index in [2.05, 4.69) is 4.98 Å². The van der Waals surface area contributed by atoms with Gasteiger partial charge in [0.25, 0.3) is 5.56 Å². The van der Waals surface area contributed by atoms with E-state index in [1.807, 2.05) is 0 Å². The van der Waals surface area contributed by atoms with Crippen molar-refractivity contribution in [2.45, 2.75) is 44.6 Å². The first-order valence-corrected chi connectivity index (χ1v) is 5.73. The molecule has 0 bridgehead atoms. The van der Waals surface area contributed by atoms with Crippen LogP contribution in [0.3, 0.4) is 0 Å². The van der Waals surface area contributed by atoms with Crippen LogP contribution in [0.5, 0.6) is 5.88 Å². The van der Waals surface area contributed by atoms with E-state index in [0.29, 0.717) is 0 Å². The van der Waals surface area contributed by atoms with E-state index in [1.165, 1.54) is 17.4 Å². The zero-order valence-electron chi connectivity index (χ0n) is 9.11. The van der Waals surface area contributed by atoms with Crippen LogP contribution in [0.1, 0.15) is 44.6 Å². The molecule has 5 heteroatoms. The first-order chi connectivity index (χ1) is 7.68. The maximum atomic E-state index is 11.6. The molecule has 1 aromatic rings. The quantitative estimate of drug-likeness (QED) is 0.702. The van der Waals surface area contributed by atoms with Crippen molar-refractivity contribution in [2.24, 2.45) is 0 Å². The van der Waals surface area contributed by atoms with Crippen LogP contribution >= 0.6 is 0 Å². The molecule has 1 aliphatic rings. The number of H-pyrrole nitrogens is 1. The molecule has 88 valence electrons. The Morgan fingerprint density at radius 3 is 2.38 bits per heavy atom. The predicted molar refractivity (Wildman–Crippen MR) is 59.7 cm³/mol. The third-order valence-electron chi connectivity index (χ3n) is 3.15. The maximum Gasteiger partial charge on any atom is 0.331 e. The summed E-state index contributed by atoms with van der Waals surface area (Å²) in [5.41, 5.74) is -1.05. The fourth-order valence-corrected chi connectivity index (χ4v) is 2.36. The lowest BCUT2D eigenvalue weighted by Crippen LogP contribution is -2.31. The number of aromatic hydroxyl groups is 1. The van der Waals surface area contributed by atoms with Crippen molar-refractivity contribution < 1.29 is 5.11 Å². The summed E-state index contributed by atoms with van der Waals surface area (Å²) in [5, 5.41) is 9.66. The van der Waals surface area contributed by atoms with Gasteiger partial charge in [-0.3, -0.25) is 14.3 Å². The van der Waals surface area contributed by atoms with Crippen molar-refractivity contribution in [3.05, 3.63) is 26.9 Å². The van der Waals surface area contributed by atoms with Crippen LogP contribution in [0.2, 0.25) is 0 Å². The van der Waals surface area contributed by atoms with E-state index in [0.717, 1.165) is 31.7 Å². The molecular weight excluding hydrogens is 208 g/mol. The molecule has 0 unspecified atom stereocenters. The van der Waals surface area contributed by atoms with E-state index in [1.54, 1.807) is 0 Å². The zero-order chi connectivity index (χ0) is 11.5. The number of nitrogens with one attached hydrogen (secondary N) is 1. The summed E-state index contributed by atoms with van der Waals surface area (Å²) in [6, 6.07) is 1.08. The zero-order valence-corrected chi connectivity index (χ0v) is 9.11. The number of rotatable bonds is 1. The normalized spacial score (nSPS) is 18.2. The molecular formula is C11H16N2O3. The highest BCUT2D eigenvalue weighted by molar-refractivity contribution is 5.07. The Morgan fingerprint density at radius 1 is 1.19 bits per heavy atom. The van der Waals surface area contributed by atoms with Crippen LogP contribution in [0, 0.1) is 0 Å². The van der Waals surface area contributed by atoms with Crippen molar-refractivity contribution in [2.75, 3.05) is 0 Å². The van der Waals surface area contributed by atoms with Gasteiger partial charge >= 0.3 is 5.69 Å². The lowest BCUT2D eigenvalue weighted by atomic mass is 10.1. The highest BCUT2D eigenvalue weighted by Gasteiger charge is 2.18. The average molecular weight is 224 g/mol. The summed E-state index contributed by atoms with van der Waals surface area (Å²) < 4.78 is 1.31. The molecule has 2 N–H and O–H groups in total. The minimum absolute atomic E-state index is 0.0202. The number of hydrogen-bond acceptors (Lipinski definition) is 3. The van der Waals surface area contributed by atoms with Gasteiger partial charge in [-0.05, 0) is 12.8 Å². The largest absolute Gasteiger partial charge is 0.494 e. The van der Waals surface area contributed by atoms with Gasteiger partial charge < -0.3 is 5.11 Å². The molecule has 1 heterocycles. The summed E-state index contributed by atoms with van der Waals surface area (Å²) in [7, 11) is 0. The second-order valence-electron chi connectivity index (χ2n) is 4.31. The fraction of sp³-hybridized carbons (Fsp3) is 0.636. The SMILES string of the molecule is O=c1cc(O)n(C2CCCCCC2)c(=O)[nH]1. The Hall–Kier alpha value is -1.52. The lowest BCUT2D eigenvalue weighted by molar-refractivity contribution is 0.340. The molecule has 2 rings (SSSR count). The van der Waals surface area contributed by atoms with E-state index in [4.69, 9.17) is 0 Å². The predicted octanol–water partition coefficient (Wildman–Crippen LogP) is 1.14. The summed E-state index contributed by atoms with van der Waals surface area (Å²) in [6.45, 7) is 0. The number of aromatic nitrogens is 2. The van der Waals surface area contributed by atoms with Crippen LogP contribution in [-0.4, -0.2) is 14.7 Å². The molecule has 5 nitrogen and oxygen atoms in total. The van der Waals surface area contributed by atoms with Crippen LogP contribution < -0.4 is 11.2 Å². The monoisotopic (exact) mass is 224 g/mol. The van der Waals surface area contributed by atoms with Crippen LogP contribution in [-0.2, 0) is 0 Å². The highest BCUT2D eigenvalue weighted by Crippen LogP contribution is 2.27. The summed E-state index contributed by atoms with van der Waals surface area (Å²) >= 11 is 0. The maximum absolute atomic E-state index is 11.6. The van der Waals surface area contributed by atoms with Crippen molar-refractivity contribution in [1.29, 1.82) is 0 Å². The smallest absolute Gasteiger partial charge is 0.331 e. The summed E-state index contributed by atoms with van der Waals surface area (Å²) in [6.07, 6.45) is 6.26. The average Bonchev–Trinajstić information content (AvgIpc) is 2.44. The van der Waals surface area contributed by atoms with Crippen molar-refractivity contribution >= 4 is 0 Å². The standard InChI is InChI=1S/C11H16N2O3/c14-9-7-10(15)13(11(16)12-9)8-5-3-1-2-4-6-8/h7-8,15H,1-6H2,(H,12,14,16). The molecule has 1 aliphatic carbocycles. The van der Waals surface area contributed by atoms with Crippen molar-refractivity contribution in [3.63, 3.8) is 0 Å². The minimum Gasteiger partial charge on any atom is -0.494 e. The molecule has 0 radical (unpaired) electrons. The van der Waals surface area contributed by atoms with Gasteiger partial charge in [-0.25, -0.2) is 4.79 Å². The first-order valence-electron chi connectivity index (χ1n) is 5.73. The van der Waals surface area contributed by atoms with Gasteiger partial charge in [0.15, 0.2) is 0 Å². The van der Waals surface area contributed by atoms with E-state index in [9.17, 15) is 14.7 Å². The third-order valence-corrected chi connectivity index (χ3v) is 3.15. The topological polar surface area (TPSA) is 75.1 Å². The molecule has 0 saturated heterocycles. The van der Waals surface area contributed by atoms with Gasteiger partial charge in [-0.1, -0.05) is 25.7 Å². The van der Waals surface area contributed by atoms with Gasteiger partial charge in [0.1, 0.15) is 0 Å². The Bertz CT molecular complexity index is 467. The Labute approximate surface area is 92.7 Å². The summed E-state index contributed by atoms with van der Waals surface area (Å²) in [4.78, 5) is 24.8. The molecule has 1 fully saturated rings. The minimum atomic E-state index is -0.549. The highest BCUT2D eigenvalue weighted by atomic mass is 16.3. The molecule has 16 heavy (non-hydrogen) atoms. The van der Waals surface area contributed by atoms with Gasteiger partial charge in [-0.2, -0.15) is 0 Å². The molecule has 0 amide bonds. The Balaban J connectivity index is 2.38. The van der Waals surface area contributed by atoms with Crippen molar-refractivity contribution in [3.8, 4) is 5.88 Å². The third kappa shape index (κ3) is 2.18. The number of aromatic amines is 1. The molecule has 0 atom stereocenters. The van der Waals surface area contributed by atoms with Gasteiger partial charge in [0.2, 0.25) is 5.88 Å². The second kappa shape index (κ2) is 4.55. The van der Waals surface area contributed by atoms with E-state index < -0.39 is 11.2 Å². The van der Waals surface area contributed by atoms with Gasteiger partial charge in [-0.15, -0.1) is 0 Å². The fourth-order valence-electron chi connectivity index (χ4n) is 2.36. The number of nitrogens with zero attached hydrogens (tertiary/aromatic N) is 1. The Morgan fingerprint density at radius 2 is 1.81 bits per heavy atom. The number of hydrogen-bond donors (Lipinski definition) is 2. The van der Waals surface area contributed by atoms with Crippen LogP contribution in [0.25, 0.3) is 0 Å². The first kappa shape index (κ1) is 11.0. The van der Waals surface area contributed by atoms with Gasteiger partial charge in [0, 0.05) is 6.04 Å². The van der Waals surface area contributed by atoms with Crippen LogP contribution in [0.4, 0.5) is 0 Å². The molecule has 0 aromatic carbocycles. The molecule has 1 saturated carbocycles. The summed E-state index contributed by atoms with van der Waals surface area (Å²) in [5.74, 6) is -0.222.